The molecule has 1 aromatic heterocycles. The molecule has 0 aliphatic carbocycles. The molecule has 1 N–H and O–H groups in total. The Morgan fingerprint density at radius 2 is 2.29 bits per heavy atom. The van der Waals surface area contributed by atoms with Crippen LogP contribution < -0.4 is 0 Å². The second-order valence-corrected chi connectivity index (χ2v) is 5.79. The summed E-state index contributed by atoms with van der Waals surface area (Å²) in [4.78, 5) is 14.3. The minimum atomic E-state index is -0.144. The van der Waals surface area contributed by atoms with Gasteiger partial charge in [0.25, 0.3) is 0 Å². The SMILES string of the molecule is CSCCCSCCOC(=O)Cc1cc[nH]c1. The number of thioether (sulfide) groups is 2. The van der Waals surface area contributed by atoms with Crippen molar-refractivity contribution >= 4 is 29.5 Å². The largest absolute Gasteiger partial charge is 0.465 e. The van der Waals surface area contributed by atoms with E-state index in [0.717, 1.165) is 17.1 Å². The third-order valence-corrected chi connectivity index (χ3v) is 3.87. The molecule has 0 saturated heterocycles. The number of ether oxygens (including phenoxy) is 1. The second kappa shape index (κ2) is 9.48. The third kappa shape index (κ3) is 7.39. The van der Waals surface area contributed by atoms with Gasteiger partial charge in [-0.25, -0.2) is 0 Å². The van der Waals surface area contributed by atoms with Gasteiger partial charge in [0, 0.05) is 18.1 Å². The van der Waals surface area contributed by atoms with Gasteiger partial charge in [0.15, 0.2) is 0 Å². The molecule has 0 amide bonds. The van der Waals surface area contributed by atoms with Crippen molar-refractivity contribution in [1.82, 2.24) is 4.98 Å². The lowest BCUT2D eigenvalue weighted by molar-refractivity contribution is -0.142. The van der Waals surface area contributed by atoms with Crippen LogP contribution in [0.25, 0.3) is 0 Å². The summed E-state index contributed by atoms with van der Waals surface area (Å²) in [5, 5.41) is 0. The maximum Gasteiger partial charge on any atom is 0.310 e. The van der Waals surface area contributed by atoms with Gasteiger partial charge in [-0.1, -0.05) is 0 Å². The van der Waals surface area contributed by atoms with Crippen molar-refractivity contribution in [3.8, 4) is 0 Å². The first-order valence-electron chi connectivity index (χ1n) is 5.67. The summed E-state index contributed by atoms with van der Waals surface area (Å²) >= 11 is 3.72. The molecule has 0 unspecified atom stereocenters. The summed E-state index contributed by atoms with van der Waals surface area (Å²) in [5.74, 6) is 3.11. The lowest BCUT2D eigenvalue weighted by Crippen LogP contribution is -2.10. The minimum Gasteiger partial charge on any atom is -0.465 e. The van der Waals surface area contributed by atoms with Gasteiger partial charge in [-0.3, -0.25) is 4.79 Å². The van der Waals surface area contributed by atoms with Crippen molar-refractivity contribution in [1.29, 1.82) is 0 Å². The van der Waals surface area contributed by atoms with Crippen molar-refractivity contribution in [3.05, 3.63) is 24.0 Å². The molecule has 0 saturated carbocycles. The third-order valence-electron chi connectivity index (χ3n) is 2.14. The van der Waals surface area contributed by atoms with E-state index >= 15 is 0 Å². The Morgan fingerprint density at radius 3 is 3.00 bits per heavy atom. The van der Waals surface area contributed by atoms with E-state index in [1.807, 2.05) is 42.0 Å². The van der Waals surface area contributed by atoms with Gasteiger partial charge in [0.05, 0.1) is 6.42 Å². The highest BCUT2D eigenvalue weighted by Gasteiger charge is 2.04. The summed E-state index contributed by atoms with van der Waals surface area (Å²) in [5.41, 5.74) is 0.975. The molecule has 0 aliphatic heterocycles. The van der Waals surface area contributed by atoms with E-state index in [2.05, 4.69) is 11.2 Å². The number of nitrogens with one attached hydrogen (secondary N) is 1. The summed E-state index contributed by atoms with van der Waals surface area (Å²) in [6.45, 7) is 0.521. The lowest BCUT2D eigenvalue weighted by atomic mass is 10.2. The minimum absolute atomic E-state index is 0.144. The van der Waals surface area contributed by atoms with E-state index in [9.17, 15) is 4.79 Å². The highest BCUT2D eigenvalue weighted by Crippen LogP contribution is 2.06. The van der Waals surface area contributed by atoms with Gasteiger partial charge >= 0.3 is 5.97 Å². The fourth-order valence-electron chi connectivity index (χ4n) is 1.31. The van der Waals surface area contributed by atoms with Crippen molar-refractivity contribution in [2.24, 2.45) is 0 Å². The van der Waals surface area contributed by atoms with Crippen LogP contribution in [0.3, 0.4) is 0 Å². The Kier molecular flexibility index (Phi) is 8.09. The number of carbonyl (C=O) groups is 1. The fraction of sp³-hybridized carbons (Fsp3) is 0.583. The Bertz CT molecular complexity index is 301. The highest BCUT2D eigenvalue weighted by atomic mass is 32.2. The van der Waals surface area contributed by atoms with Gasteiger partial charge in [0.2, 0.25) is 0 Å². The van der Waals surface area contributed by atoms with Gasteiger partial charge in [0.1, 0.15) is 6.61 Å². The Morgan fingerprint density at radius 1 is 1.41 bits per heavy atom. The number of H-pyrrole nitrogens is 1. The van der Waals surface area contributed by atoms with Crippen LogP contribution in [0, 0.1) is 0 Å². The summed E-state index contributed by atoms with van der Waals surface area (Å²) < 4.78 is 5.14. The van der Waals surface area contributed by atoms with Crippen LogP contribution in [0.15, 0.2) is 18.5 Å². The normalized spacial score (nSPS) is 10.4. The smallest absolute Gasteiger partial charge is 0.310 e. The first-order chi connectivity index (χ1) is 8.33. The Balaban J connectivity index is 1.94. The summed E-state index contributed by atoms with van der Waals surface area (Å²) in [7, 11) is 0. The molecule has 0 atom stereocenters. The van der Waals surface area contributed by atoms with Crippen LogP contribution in [0.4, 0.5) is 0 Å². The predicted molar refractivity (Wildman–Crippen MR) is 75.8 cm³/mol. The topological polar surface area (TPSA) is 42.1 Å². The van der Waals surface area contributed by atoms with E-state index in [4.69, 9.17) is 4.74 Å². The first kappa shape index (κ1) is 14.5. The Labute approximate surface area is 111 Å². The molecule has 0 fully saturated rings. The second-order valence-electron chi connectivity index (χ2n) is 3.58. The number of aromatic amines is 1. The lowest BCUT2D eigenvalue weighted by Gasteiger charge is -2.03. The van der Waals surface area contributed by atoms with Crippen LogP contribution >= 0.6 is 23.5 Å². The quantitative estimate of drug-likeness (QED) is 0.555. The Hall–Kier alpha value is -0.550. The number of hydrogen-bond donors (Lipinski definition) is 1. The first-order valence-corrected chi connectivity index (χ1v) is 8.21. The zero-order valence-electron chi connectivity index (χ0n) is 10.1. The van der Waals surface area contributed by atoms with E-state index in [-0.39, 0.29) is 5.97 Å². The van der Waals surface area contributed by atoms with Crippen LogP contribution in [0.2, 0.25) is 0 Å². The van der Waals surface area contributed by atoms with Crippen molar-refractivity contribution in [2.75, 3.05) is 30.1 Å². The average molecular weight is 273 g/mol. The van der Waals surface area contributed by atoms with Crippen molar-refractivity contribution < 1.29 is 9.53 Å². The fourth-order valence-corrected chi connectivity index (χ4v) is 2.68. The van der Waals surface area contributed by atoms with E-state index in [1.54, 1.807) is 0 Å². The molecule has 1 rings (SSSR count). The molecule has 0 spiro atoms. The highest BCUT2D eigenvalue weighted by molar-refractivity contribution is 7.99. The van der Waals surface area contributed by atoms with E-state index in [0.29, 0.717) is 13.0 Å². The summed E-state index contributed by atoms with van der Waals surface area (Å²) in [6, 6.07) is 1.89. The maximum atomic E-state index is 11.4. The maximum absolute atomic E-state index is 11.4. The number of aromatic nitrogens is 1. The van der Waals surface area contributed by atoms with E-state index < -0.39 is 0 Å². The van der Waals surface area contributed by atoms with Gasteiger partial charge in [-0.2, -0.15) is 23.5 Å². The molecule has 96 valence electrons. The van der Waals surface area contributed by atoms with Crippen LogP contribution in [0.5, 0.6) is 0 Å². The van der Waals surface area contributed by atoms with Gasteiger partial charge in [-0.15, -0.1) is 0 Å². The van der Waals surface area contributed by atoms with E-state index in [1.165, 1.54) is 12.2 Å². The van der Waals surface area contributed by atoms with Crippen molar-refractivity contribution in [3.63, 3.8) is 0 Å². The average Bonchev–Trinajstić information content (AvgIpc) is 2.80. The van der Waals surface area contributed by atoms with Gasteiger partial charge < -0.3 is 9.72 Å². The molecule has 3 nitrogen and oxygen atoms in total. The molecule has 1 aromatic rings. The van der Waals surface area contributed by atoms with Crippen LogP contribution in [-0.4, -0.2) is 41.1 Å². The molecule has 17 heavy (non-hydrogen) atoms. The summed E-state index contributed by atoms with van der Waals surface area (Å²) in [6.07, 6.45) is 7.33. The zero-order chi connectivity index (χ0) is 12.3. The number of hydrogen-bond acceptors (Lipinski definition) is 4. The standard InChI is InChI=1S/C12H19NO2S2/c1-16-6-2-7-17-8-5-15-12(14)9-11-3-4-13-10-11/h3-4,10,13H,2,5-9H2,1H3. The monoisotopic (exact) mass is 273 g/mol. The molecule has 1 heterocycles. The number of carbonyl (C=O) groups excluding carboxylic acids is 1. The zero-order valence-corrected chi connectivity index (χ0v) is 11.7. The molecular formula is C12H19NO2S2. The number of esters is 1. The molecule has 0 bridgehead atoms. The van der Waals surface area contributed by atoms with Crippen molar-refractivity contribution in [2.45, 2.75) is 12.8 Å². The van der Waals surface area contributed by atoms with Crippen LogP contribution in [0.1, 0.15) is 12.0 Å². The molecule has 5 heteroatoms. The van der Waals surface area contributed by atoms with Crippen LogP contribution in [-0.2, 0) is 16.0 Å². The molecule has 0 radical (unpaired) electrons. The molecular weight excluding hydrogens is 254 g/mol. The number of rotatable bonds is 9. The van der Waals surface area contributed by atoms with Gasteiger partial charge in [-0.05, 0) is 35.8 Å². The molecule has 0 aromatic carbocycles. The molecule has 0 aliphatic rings. The predicted octanol–water partition coefficient (Wildman–Crippen LogP) is 2.59.